The van der Waals surface area contributed by atoms with Gasteiger partial charge in [0.05, 0.1) is 6.10 Å². The molecule has 0 aromatic carbocycles. The monoisotopic (exact) mass is 202 g/mol. The van der Waals surface area contributed by atoms with E-state index in [9.17, 15) is 9.90 Å². The van der Waals surface area contributed by atoms with E-state index in [0.717, 1.165) is 6.42 Å². The highest BCUT2D eigenvalue weighted by molar-refractivity contribution is 5.75. The van der Waals surface area contributed by atoms with Gasteiger partial charge in [-0.2, -0.15) is 0 Å². The van der Waals surface area contributed by atoms with Crippen LogP contribution in [0.15, 0.2) is 0 Å². The summed E-state index contributed by atoms with van der Waals surface area (Å²) in [5.74, 6) is 0.197. The normalized spacial score (nSPS) is 14.9. The Balaban J connectivity index is 3.55. The van der Waals surface area contributed by atoms with Crippen LogP contribution in [0.2, 0.25) is 0 Å². The van der Waals surface area contributed by atoms with E-state index in [1.807, 2.05) is 13.8 Å². The van der Waals surface area contributed by atoms with E-state index < -0.39 is 6.10 Å². The predicted molar refractivity (Wildman–Crippen MR) is 56.8 cm³/mol. The Labute approximate surface area is 85.9 Å². The molecule has 0 aromatic heterocycles. The second-order valence-electron chi connectivity index (χ2n) is 3.65. The maximum absolute atomic E-state index is 11.1. The van der Waals surface area contributed by atoms with E-state index >= 15 is 0 Å². The summed E-state index contributed by atoms with van der Waals surface area (Å²) in [6, 6.07) is 0. The zero-order valence-electron chi connectivity index (χ0n) is 9.12. The van der Waals surface area contributed by atoms with Crippen LogP contribution in [0.3, 0.4) is 0 Å². The van der Waals surface area contributed by atoms with Gasteiger partial charge in [-0.15, -0.1) is 0 Å². The van der Waals surface area contributed by atoms with Crippen molar-refractivity contribution in [1.82, 2.24) is 5.32 Å². The Morgan fingerprint density at radius 3 is 2.71 bits per heavy atom. The third kappa shape index (κ3) is 5.94. The number of nitrogens with two attached hydrogens (primary N) is 1. The van der Waals surface area contributed by atoms with Crippen LogP contribution in [-0.4, -0.2) is 30.2 Å². The zero-order chi connectivity index (χ0) is 11.0. The number of hydrogen-bond donors (Lipinski definition) is 3. The van der Waals surface area contributed by atoms with Crippen molar-refractivity contribution in [3.63, 3.8) is 0 Å². The molecule has 84 valence electrons. The van der Waals surface area contributed by atoms with Gasteiger partial charge in [0.1, 0.15) is 0 Å². The minimum absolute atomic E-state index is 0.0298. The van der Waals surface area contributed by atoms with Gasteiger partial charge in [-0.25, -0.2) is 0 Å². The quantitative estimate of drug-likeness (QED) is 0.554. The Bertz CT molecular complexity index is 162. The molecule has 1 amide bonds. The molecule has 0 aliphatic carbocycles. The first-order valence-electron chi connectivity index (χ1n) is 5.26. The fourth-order valence-electron chi connectivity index (χ4n) is 1.04. The standard InChI is InChI=1S/C10H22N2O2/c1-3-8(2)9(13)7-12-10(14)5-4-6-11/h8-9,13H,3-7,11H2,1-2H3,(H,12,14). The highest BCUT2D eigenvalue weighted by Crippen LogP contribution is 2.05. The first-order chi connectivity index (χ1) is 6.61. The van der Waals surface area contributed by atoms with Crippen molar-refractivity contribution in [3.05, 3.63) is 0 Å². The molecular weight excluding hydrogens is 180 g/mol. The average Bonchev–Trinajstić information content (AvgIpc) is 2.21. The highest BCUT2D eigenvalue weighted by atomic mass is 16.3. The summed E-state index contributed by atoms with van der Waals surface area (Å²) in [5, 5.41) is 12.2. The zero-order valence-corrected chi connectivity index (χ0v) is 9.12. The minimum atomic E-state index is -0.443. The molecule has 0 aliphatic heterocycles. The lowest BCUT2D eigenvalue weighted by Crippen LogP contribution is -2.35. The number of aliphatic hydroxyl groups excluding tert-OH is 1. The van der Waals surface area contributed by atoms with Gasteiger partial charge in [0.15, 0.2) is 0 Å². The molecule has 4 N–H and O–H groups in total. The Hall–Kier alpha value is -0.610. The average molecular weight is 202 g/mol. The number of carbonyl (C=O) groups excluding carboxylic acids is 1. The topological polar surface area (TPSA) is 75.3 Å². The maximum Gasteiger partial charge on any atom is 0.220 e. The number of hydrogen-bond acceptors (Lipinski definition) is 3. The lowest BCUT2D eigenvalue weighted by molar-refractivity contribution is -0.121. The van der Waals surface area contributed by atoms with E-state index in [2.05, 4.69) is 5.32 Å². The molecule has 0 rings (SSSR count). The van der Waals surface area contributed by atoms with Gasteiger partial charge in [0.25, 0.3) is 0 Å². The molecule has 0 aromatic rings. The van der Waals surface area contributed by atoms with Crippen molar-refractivity contribution in [2.75, 3.05) is 13.1 Å². The lowest BCUT2D eigenvalue weighted by Gasteiger charge is -2.17. The molecule has 0 saturated carbocycles. The van der Waals surface area contributed by atoms with Crippen LogP contribution in [0.1, 0.15) is 33.1 Å². The summed E-state index contributed by atoms with van der Waals surface area (Å²) in [6.07, 6.45) is 1.62. The molecule has 0 heterocycles. The summed E-state index contributed by atoms with van der Waals surface area (Å²) in [7, 11) is 0. The summed E-state index contributed by atoms with van der Waals surface area (Å²) in [6.45, 7) is 4.86. The number of carbonyl (C=O) groups is 1. The fourth-order valence-corrected chi connectivity index (χ4v) is 1.04. The van der Waals surface area contributed by atoms with Gasteiger partial charge in [-0.3, -0.25) is 4.79 Å². The van der Waals surface area contributed by atoms with Crippen LogP contribution in [-0.2, 0) is 4.79 Å². The van der Waals surface area contributed by atoms with E-state index in [1.165, 1.54) is 0 Å². The van der Waals surface area contributed by atoms with E-state index in [1.54, 1.807) is 0 Å². The van der Waals surface area contributed by atoms with Crippen LogP contribution in [0.25, 0.3) is 0 Å². The van der Waals surface area contributed by atoms with Crippen LogP contribution in [0, 0.1) is 5.92 Å². The molecular formula is C10H22N2O2. The predicted octanol–water partition coefficient (Wildman–Crippen LogP) is 0.249. The van der Waals surface area contributed by atoms with E-state index in [0.29, 0.717) is 25.9 Å². The van der Waals surface area contributed by atoms with Gasteiger partial charge in [-0.1, -0.05) is 20.3 Å². The number of aliphatic hydroxyl groups is 1. The van der Waals surface area contributed by atoms with Crippen molar-refractivity contribution in [1.29, 1.82) is 0 Å². The van der Waals surface area contributed by atoms with E-state index in [4.69, 9.17) is 5.73 Å². The third-order valence-corrected chi connectivity index (χ3v) is 2.42. The smallest absolute Gasteiger partial charge is 0.220 e. The molecule has 2 unspecified atom stereocenters. The van der Waals surface area contributed by atoms with Crippen molar-refractivity contribution >= 4 is 5.91 Å². The first kappa shape index (κ1) is 13.4. The molecule has 0 saturated heterocycles. The van der Waals surface area contributed by atoms with Crippen molar-refractivity contribution in [2.45, 2.75) is 39.2 Å². The van der Waals surface area contributed by atoms with Crippen LogP contribution < -0.4 is 11.1 Å². The summed E-state index contributed by atoms with van der Waals surface area (Å²) < 4.78 is 0. The largest absolute Gasteiger partial charge is 0.391 e. The number of nitrogens with one attached hydrogen (secondary N) is 1. The summed E-state index contributed by atoms with van der Waals surface area (Å²) in [4.78, 5) is 11.1. The Kier molecular flexibility index (Phi) is 7.42. The maximum atomic E-state index is 11.1. The number of amides is 1. The van der Waals surface area contributed by atoms with Crippen LogP contribution in [0.5, 0.6) is 0 Å². The Morgan fingerprint density at radius 1 is 1.57 bits per heavy atom. The second kappa shape index (κ2) is 7.76. The molecule has 4 nitrogen and oxygen atoms in total. The molecule has 0 fully saturated rings. The van der Waals surface area contributed by atoms with Gasteiger partial charge in [0, 0.05) is 13.0 Å². The van der Waals surface area contributed by atoms with Gasteiger partial charge in [-0.05, 0) is 18.9 Å². The highest BCUT2D eigenvalue weighted by Gasteiger charge is 2.12. The summed E-state index contributed by atoms with van der Waals surface area (Å²) >= 11 is 0. The minimum Gasteiger partial charge on any atom is -0.391 e. The fraction of sp³-hybridized carbons (Fsp3) is 0.900. The van der Waals surface area contributed by atoms with Crippen LogP contribution in [0.4, 0.5) is 0 Å². The molecule has 2 atom stereocenters. The number of rotatable bonds is 7. The van der Waals surface area contributed by atoms with Crippen molar-refractivity contribution in [3.8, 4) is 0 Å². The molecule has 0 radical (unpaired) electrons. The van der Waals surface area contributed by atoms with E-state index in [-0.39, 0.29) is 11.8 Å². The molecule has 0 bridgehead atoms. The molecule has 14 heavy (non-hydrogen) atoms. The third-order valence-electron chi connectivity index (χ3n) is 2.42. The van der Waals surface area contributed by atoms with Gasteiger partial charge >= 0.3 is 0 Å². The van der Waals surface area contributed by atoms with Crippen molar-refractivity contribution in [2.24, 2.45) is 11.7 Å². The van der Waals surface area contributed by atoms with Crippen LogP contribution >= 0.6 is 0 Å². The molecule has 4 heteroatoms. The second-order valence-corrected chi connectivity index (χ2v) is 3.65. The van der Waals surface area contributed by atoms with Gasteiger partial charge < -0.3 is 16.2 Å². The molecule has 0 aliphatic rings. The molecule has 0 spiro atoms. The SMILES string of the molecule is CCC(C)C(O)CNC(=O)CCCN. The first-order valence-corrected chi connectivity index (χ1v) is 5.26. The summed E-state index contributed by atoms with van der Waals surface area (Å²) in [5.41, 5.74) is 5.27. The van der Waals surface area contributed by atoms with Gasteiger partial charge in [0.2, 0.25) is 5.91 Å². The van der Waals surface area contributed by atoms with Crippen molar-refractivity contribution < 1.29 is 9.90 Å². The lowest BCUT2D eigenvalue weighted by atomic mass is 10.0. The Morgan fingerprint density at radius 2 is 2.21 bits per heavy atom.